The molecule has 2 N–H and O–H groups in total. The molecule has 1 heterocycles. The van der Waals surface area contributed by atoms with Crippen LogP contribution < -0.4 is 10.5 Å². The number of aromatic nitrogens is 1. The zero-order valence-electron chi connectivity index (χ0n) is 11.0. The van der Waals surface area contributed by atoms with Gasteiger partial charge < -0.3 is 15.2 Å². The first-order valence-electron chi connectivity index (χ1n) is 5.84. The molecule has 106 valence electrons. The zero-order chi connectivity index (χ0) is 14.7. The average Bonchev–Trinajstić information content (AvgIpc) is 2.81. The molecule has 1 aromatic carbocycles. The van der Waals surface area contributed by atoms with E-state index in [2.05, 4.69) is 20.9 Å². The lowest BCUT2D eigenvalue weighted by Crippen LogP contribution is -2.04. The Morgan fingerprint density at radius 3 is 2.85 bits per heavy atom. The first kappa shape index (κ1) is 14.8. The van der Waals surface area contributed by atoms with E-state index in [1.165, 1.54) is 0 Å². The Morgan fingerprint density at radius 1 is 1.50 bits per heavy atom. The van der Waals surface area contributed by atoms with Gasteiger partial charge in [0.05, 0.1) is 23.9 Å². The zero-order valence-corrected chi connectivity index (χ0v) is 13.4. The van der Waals surface area contributed by atoms with Gasteiger partial charge in [0.25, 0.3) is 0 Å². The summed E-state index contributed by atoms with van der Waals surface area (Å²) in [6.45, 7) is 2.06. The molecule has 2 rings (SSSR count). The molecule has 0 saturated carbocycles. The molecule has 7 heteroatoms. The molecule has 0 amide bonds. The lowest BCUT2D eigenvalue weighted by atomic mass is 10.1. The summed E-state index contributed by atoms with van der Waals surface area (Å²) in [5.41, 5.74) is 7.00. The van der Waals surface area contributed by atoms with E-state index in [1.54, 1.807) is 20.1 Å². The van der Waals surface area contributed by atoms with Crippen LogP contribution in [0.1, 0.15) is 16.6 Å². The Labute approximate surface area is 128 Å². The van der Waals surface area contributed by atoms with Gasteiger partial charge in [-0.25, -0.2) is 9.78 Å². The van der Waals surface area contributed by atoms with Crippen molar-refractivity contribution in [1.29, 1.82) is 0 Å². The average molecular weight is 357 g/mol. The lowest BCUT2D eigenvalue weighted by molar-refractivity contribution is 0.0532. The number of hydrogen-bond donors (Lipinski definition) is 1. The van der Waals surface area contributed by atoms with Crippen LogP contribution in [0.5, 0.6) is 5.75 Å². The van der Waals surface area contributed by atoms with Crippen molar-refractivity contribution in [2.24, 2.45) is 0 Å². The van der Waals surface area contributed by atoms with Crippen molar-refractivity contribution in [2.75, 3.05) is 19.5 Å². The third-order valence-electron chi connectivity index (χ3n) is 2.53. The number of methoxy groups -OCH3 is 1. The lowest BCUT2D eigenvalue weighted by Gasteiger charge is -2.06. The number of nitrogens with zero attached hydrogens (tertiary/aromatic N) is 1. The van der Waals surface area contributed by atoms with E-state index in [0.29, 0.717) is 28.1 Å². The molecule has 0 bridgehead atoms. The molecule has 0 spiro atoms. The number of ether oxygens (including phenoxy) is 2. The number of carbonyl (C=O) groups is 1. The van der Waals surface area contributed by atoms with Crippen molar-refractivity contribution in [3.63, 3.8) is 0 Å². The van der Waals surface area contributed by atoms with Crippen molar-refractivity contribution in [3.05, 3.63) is 27.5 Å². The largest absolute Gasteiger partial charge is 0.496 e. The van der Waals surface area contributed by atoms with Crippen LogP contribution in [0.15, 0.2) is 22.7 Å². The minimum absolute atomic E-state index is 0.308. The van der Waals surface area contributed by atoms with Crippen LogP contribution in [-0.2, 0) is 4.74 Å². The number of esters is 1. The van der Waals surface area contributed by atoms with Crippen molar-refractivity contribution in [3.8, 4) is 17.0 Å². The van der Waals surface area contributed by atoms with Crippen molar-refractivity contribution in [2.45, 2.75) is 6.92 Å². The minimum atomic E-state index is -0.413. The second kappa shape index (κ2) is 6.23. The summed E-state index contributed by atoms with van der Waals surface area (Å²) in [5.74, 6) is 0.290. The molecular formula is C13H13BrN2O3S. The van der Waals surface area contributed by atoms with Crippen LogP contribution in [0.25, 0.3) is 11.3 Å². The quantitative estimate of drug-likeness (QED) is 0.850. The molecule has 0 unspecified atom stereocenters. The number of nitrogen functional groups attached to an aromatic ring is 1. The van der Waals surface area contributed by atoms with Gasteiger partial charge in [-0.2, -0.15) is 0 Å². The van der Waals surface area contributed by atoms with E-state index in [0.717, 1.165) is 21.4 Å². The number of rotatable bonds is 4. The molecule has 1 aromatic heterocycles. The Balaban J connectivity index is 2.47. The van der Waals surface area contributed by atoms with Crippen LogP contribution in [0.4, 0.5) is 5.13 Å². The molecule has 0 aliphatic carbocycles. The Bertz CT molecular complexity index is 643. The van der Waals surface area contributed by atoms with Gasteiger partial charge in [-0.15, -0.1) is 0 Å². The minimum Gasteiger partial charge on any atom is -0.496 e. The number of hydrogen-bond acceptors (Lipinski definition) is 6. The Kier molecular flexibility index (Phi) is 4.61. The summed E-state index contributed by atoms with van der Waals surface area (Å²) < 4.78 is 11.0. The van der Waals surface area contributed by atoms with E-state index in [1.807, 2.05) is 12.1 Å². The van der Waals surface area contributed by atoms with Crippen LogP contribution >= 0.6 is 27.3 Å². The van der Waals surface area contributed by atoms with Gasteiger partial charge in [-0.3, -0.25) is 0 Å². The fraction of sp³-hybridized carbons (Fsp3) is 0.231. The van der Waals surface area contributed by atoms with E-state index in [-0.39, 0.29) is 0 Å². The molecule has 0 aliphatic heterocycles. The highest BCUT2D eigenvalue weighted by Crippen LogP contribution is 2.34. The molecular weight excluding hydrogens is 344 g/mol. The number of halogens is 1. The molecule has 0 saturated heterocycles. The Morgan fingerprint density at radius 2 is 2.25 bits per heavy atom. The normalized spacial score (nSPS) is 10.3. The molecule has 0 atom stereocenters. The number of thiazole rings is 1. The molecule has 2 aromatic rings. The first-order chi connectivity index (χ1) is 9.56. The SMILES string of the molecule is CCOC(=O)c1sc(N)nc1-c1ccc(OC)c(Br)c1. The second-order valence-electron chi connectivity index (χ2n) is 3.80. The number of anilines is 1. The van der Waals surface area contributed by atoms with Gasteiger partial charge in [-0.1, -0.05) is 11.3 Å². The van der Waals surface area contributed by atoms with E-state index in [4.69, 9.17) is 15.2 Å². The third-order valence-corrected chi connectivity index (χ3v) is 4.01. The van der Waals surface area contributed by atoms with Gasteiger partial charge >= 0.3 is 5.97 Å². The molecule has 0 fully saturated rings. The highest BCUT2D eigenvalue weighted by Gasteiger charge is 2.20. The molecule has 5 nitrogen and oxygen atoms in total. The van der Waals surface area contributed by atoms with Crippen LogP contribution in [-0.4, -0.2) is 24.7 Å². The molecule has 20 heavy (non-hydrogen) atoms. The predicted molar refractivity (Wildman–Crippen MR) is 82.2 cm³/mol. The summed E-state index contributed by atoms with van der Waals surface area (Å²) in [4.78, 5) is 16.5. The van der Waals surface area contributed by atoms with Gasteiger partial charge in [0.15, 0.2) is 5.13 Å². The van der Waals surface area contributed by atoms with Crippen LogP contribution in [0.2, 0.25) is 0 Å². The predicted octanol–water partition coefficient (Wildman–Crippen LogP) is 3.34. The van der Waals surface area contributed by atoms with Crippen molar-refractivity contribution >= 4 is 38.4 Å². The molecule has 0 aliphatic rings. The van der Waals surface area contributed by atoms with Gasteiger partial charge in [-0.05, 0) is 41.1 Å². The summed E-state index contributed by atoms with van der Waals surface area (Å²) >= 11 is 4.53. The van der Waals surface area contributed by atoms with Crippen molar-refractivity contribution in [1.82, 2.24) is 4.98 Å². The standard InChI is InChI=1S/C13H13BrN2O3S/c1-3-19-12(17)11-10(16-13(15)20-11)7-4-5-9(18-2)8(14)6-7/h4-6H,3H2,1-2H3,(H2,15,16). The smallest absolute Gasteiger partial charge is 0.350 e. The second-order valence-corrected chi connectivity index (χ2v) is 5.68. The topological polar surface area (TPSA) is 74.4 Å². The summed E-state index contributed by atoms with van der Waals surface area (Å²) in [5, 5.41) is 0.329. The first-order valence-corrected chi connectivity index (χ1v) is 7.45. The molecule has 0 radical (unpaired) electrons. The summed E-state index contributed by atoms with van der Waals surface area (Å²) in [6, 6.07) is 5.45. The monoisotopic (exact) mass is 356 g/mol. The maximum absolute atomic E-state index is 11.9. The maximum atomic E-state index is 11.9. The highest BCUT2D eigenvalue weighted by atomic mass is 79.9. The van der Waals surface area contributed by atoms with Gasteiger partial charge in [0.1, 0.15) is 10.6 Å². The van der Waals surface area contributed by atoms with Crippen LogP contribution in [0.3, 0.4) is 0 Å². The van der Waals surface area contributed by atoms with Gasteiger partial charge in [0.2, 0.25) is 0 Å². The third kappa shape index (κ3) is 2.94. The number of carbonyl (C=O) groups excluding carboxylic acids is 1. The highest BCUT2D eigenvalue weighted by molar-refractivity contribution is 9.10. The maximum Gasteiger partial charge on any atom is 0.350 e. The van der Waals surface area contributed by atoms with Gasteiger partial charge in [0, 0.05) is 5.56 Å². The number of benzene rings is 1. The summed E-state index contributed by atoms with van der Waals surface area (Å²) in [6.07, 6.45) is 0. The van der Waals surface area contributed by atoms with E-state index < -0.39 is 5.97 Å². The van der Waals surface area contributed by atoms with E-state index >= 15 is 0 Å². The van der Waals surface area contributed by atoms with Crippen molar-refractivity contribution < 1.29 is 14.3 Å². The summed E-state index contributed by atoms with van der Waals surface area (Å²) in [7, 11) is 1.59. The number of nitrogens with two attached hydrogens (primary N) is 1. The fourth-order valence-electron chi connectivity index (χ4n) is 1.68. The fourth-order valence-corrected chi connectivity index (χ4v) is 2.97. The van der Waals surface area contributed by atoms with Crippen LogP contribution in [0, 0.1) is 0 Å². The Hall–Kier alpha value is -1.60. The van der Waals surface area contributed by atoms with E-state index in [9.17, 15) is 4.79 Å².